The summed E-state index contributed by atoms with van der Waals surface area (Å²) in [6.45, 7) is 11.0. The normalized spacial score (nSPS) is 14.7. The molecule has 2 atom stereocenters. The van der Waals surface area contributed by atoms with Gasteiger partial charge in [0.25, 0.3) is 0 Å². The highest BCUT2D eigenvalue weighted by atomic mass is 16.5. The Bertz CT molecular complexity index is 545. The van der Waals surface area contributed by atoms with E-state index in [2.05, 4.69) is 34.4 Å². The lowest BCUT2D eigenvalue weighted by molar-refractivity contribution is 0.323. The largest absolute Gasteiger partial charge is 0.338 e. The molecule has 2 heterocycles. The minimum Gasteiger partial charge on any atom is -0.338 e. The van der Waals surface area contributed by atoms with Gasteiger partial charge in [0, 0.05) is 18.2 Å². The molecule has 0 amide bonds. The molecule has 2 aromatic rings. The molecule has 0 saturated heterocycles. The van der Waals surface area contributed by atoms with E-state index in [0.29, 0.717) is 12.4 Å². The summed E-state index contributed by atoms with van der Waals surface area (Å²) in [6.07, 6.45) is 3.92. The van der Waals surface area contributed by atoms with Gasteiger partial charge in [-0.05, 0) is 26.3 Å². The number of aromatic nitrogens is 4. The third kappa shape index (κ3) is 3.45. The zero-order valence-electron chi connectivity index (χ0n) is 12.8. The number of aryl methyl sites for hydroxylation is 1. The zero-order chi connectivity index (χ0) is 14.7. The second kappa shape index (κ2) is 6.17. The van der Waals surface area contributed by atoms with Crippen LogP contribution in [0.25, 0.3) is 0 Å². The van der Waals surface area contributed by atoms with Crippen LogP contribution in [0, 0.1) is 6.92 Å². The van der Waals surface area contributed by atoms with E-state index < -0.39 is 0 Å². The minimum absolute atomic E-state index is 0.253. The number of hydrogen-bond donors (Lipinski definition) is 1. The molecule has 0 spiro atoms. The fraction of sp³-hybridized carbons (Fsp3) is 0.643. The molecule has 0 unspecified atom stereocenters. The topological polar surface area (TPSA) is 68.8 Å². The van der Waals surface area contributed by atoms with Crippen molar-refractivity contribution in [2.24, 2.45) is 0 Å². The first-order valence-electron chi connectivity index (χ1n) is 7.04. The maximum Gasteiger partial charge on any atom is 0.240 e. The lowest BCUT2D eigenvalue weighted by Crippen LogP contribution is -2.33. The molecular weight excluding hydrogens is 254 g/mol. The molecule has 110 valence electrons. The fourth-order valence-electron chi connectivity index (χ4n) is 1.88. The standard InChI is InChI=1S/C14H23N5O/c1-9(2)14-17-13(20-18-14)7-15-11(4)12(5)19-8-10(3)6-16-19/h6,8-9,11-12,15H,7H2,1-5H3/t11-,12+/m0/s1. The highest BCUT2D eigenvalue weighted by Crippen LogP contribution is 2.12. The molecule has 0 aliphatic carbocycles. The summed E-state index contributed by atoms with van der Waals surface area (Å²) in [5.41, 5.74) is 1.17. The van der Waals surface area contributed by atoms with E-state index in [1.807, 2.05) is 37.8 Å². The second-order valence-corrected chi connectivity index (χ2v) is 5.61. The van der Waals surface area contributed by atoms with Crippen molar-refractivity contribution in [1.82, 2.24) is 25.2 Å². The van der Waals surface area contributed by atoms with Crippen LogP contribution in [0.2, 0.25) is 0 Å². The minimum atomic E-state index is 0.253. The van der Waals surface area contributed by atoms with Gasteiger partial charge >= 0.3 is 0 Å². The molecule has 6 heteroatoms. The van der Waals surface area contributed by atoms with Crippen molar-refractivity contribution in [1.29, 1.82) is 0 Å². The summed E-state index contributed by atoms with van der Waals surface area (Å²) in [4.78, 5) is 4.36. The Kier molecular flexibility index (Phi) is 4.54. The average molecular weight is 277 g/mol. The summed E-state index contributed by atoms with van der Waals surface area (Å²) >= 11 is 0. The third-order valence-corrected chi connectivity index (χ3v) is 3.45. The molecule has 0 aromatic carbocycles. The van der Waals surface area contributed by atoms with Crippen LogP contribution in [-0.4, -0.2) is 26.0 Å². The van der Waals surface area contributed by atoms with Gasteiger partial charge in [0.2, 0.25) is 5.89 Å². The number of hydrogen-bond acceptors (Lipinski definition) is 5. The molecule has 0 fully saturated rings. The van der Waals surface area contributed by atoms with Gasteiger partial charge in [0.1, 0.15) is 0 Å². The van der Waals surface area contributed by atoms with Crippen LogP contribution in [0.3, 0.4) is 0 Å². The maximum atomic E-state index is 5.22. The molecule has 2 aromatic heterocycles. The Balaban J connectivity index is 1.89. The second-order valence-electron chi connectivity index (χ2n) is 5.61. The first-order chi connectivity index (χ1) is 9.47. The van der Waals surface area contributed by atoms with Crippen molar-refractivity contribution in [3.8, 4) is 0 Å². The van der Waals surface area contributed by atoms with Crippen molar-refractivity contribution >= 4 is 0 Å². The van der Waals surface area contributed by atoms with E-state index in [1.54, 1.807) is 0 Å². The SMILES string of the molecule is Cc1cnn([C@H](C)[C@H](C)NCc2nc(C(C)C)no2)c1. The molecule has 0 saturated carbocycles. The van der Waals surface area contributed by atoms with E-state index in [1.165, 1.54) is 5.56 Å². The summed E-state index contributed by atoms with van der Waals surface area (Å²) in [5, 5.41) is 11.7. The van der Waals surface area contributed by atoms with Crippen LogP contribution in [0.1, 0.15) is 56.9 Å². The molecule has 0 radical (unpaired) electrons. The van der Waals surface area contributed by atoms with E-state index in [9.17, 15) is 0 Å². The summed E-state index contributed by atoms with van der Waals surface area (Å²) < 4.78 is 7.19. The highest BCUT2D eigenvalue weighted by molar-refractivity contribution is 5.01. The first-order valence-corrected chi connectivity index (χ1v) is 7.04. The Labute approximate surface area is 119 Å². The molecule has 1 N–H and O–H groups in total. The van der Waals surface area contributed by atoms with E-state index in [-0.39, 0.29) is 18.0 Å². The summed E-state index contributed by atoms with van der Waals surface area (Å²) in [6, 6.07) is 0.514. The maximum absolute atomic E-state index is 5.22. The lowest BCUT2D eigenvalue weighted by Gasteiger charge is -2.20. The number of rotatable bonds is 6. The van der Waals surface area contributed by atoms with Crippen molar-refractivity contribution in [2.45, 2.75) is 59.2 Å². The Morgan fingerprint density at radius 2 is 2.05 bits per heavy atom. The van der Waals surface area contributed by atoms with Gasteiger partial charge in [-0.15, -0.1) is 0 Å². The highest BCUT2D eigenvalue weighted by Gasteiger charge is 2.16. The fourth-order valence-corrected chi connectivity index (χ4v) is 1.88. The molecule has 0 bridgehead atoms. The van der Waals surface area contributed by atoms with Crippen molar-refractivity contribution in [2.75, 3.05) is 0 Å². The quantitative estimate of drug-likeness (QED) is 0.878. The van der Waals surface area contributed by atoms with E-state index in [0.717, 1.165) is 5.82 Å². The molecular formula is C14H23N5O. The Hall–Kier alpha value is -1.69. The van der Waals surface area contributed by atoms with Gasteiger partial charge in [-0.25, -0.2) is 0 Å². The number of nitrogens with one attached hydrogen (secondary N) is 1. The monoisotopic (exact) mass is 277 g/mol. The Morgan fingerprint density at radius 3 is 2.60 bits per heavy atom. The predicted octanol–water partition coefficient (Wildman–Crippen LogP) is 2.44. The van der Waals surface area contributed by atoms with Gasteiger partial charge in [0.15, 0.2) is 5.82 Å². The van der Waals surface area contributed by atoms with Crippen molar-refractivity contribution < 1.29 is 4.52 Å². The molecule has 20 heavy (non-hydrogen) atoms. The smallest absolute Gasteiger partial charge is 0.240 e. The summed E-state index contributed by atoms with van der Waals surface area (Å²) in [7, 11) is 0. The van der Waals surface area contributed by atoms with Gasteiger partial charge < -0.3 is 9.84 Å². The van der Waals surface area contributed by atoms with Gasteiger partial charge in [-0.2, -0.15) is 10.1 Å². The zero-order valence-corrected chi connectivity index (χ0v) is 12.8. The molecule has 0 aliphatic heterocycles. The molecule has 6 nitrogen and oxygen atoms in total. The van der Waals surface area contributed by atoms with Gasteiger partial charge in [0.05, 0.1) is 18.8 Å². The van der Waals surface area contributed by atoms with Crippen LogP contribution in [0.4, 0.5) is 0 Å². The van der Waals surface area contributed by atoms with Crippen LogP contribution in [0.15, 0.2) is 16.9 Å². The predicted molar refractivity (Wildman–Crippen MR) is 76.4 cm³/mol. The van der Waals surface area contributed by atoms with Crippen LogP contribution < -0.4 is 5.32 Å². The molecule has 0 aliphatic rings. The van der Waals surface area contributed by atoms with Crippen molar-refractivity contribution in [3.05, 3.63) is 29.7 Å². The van der Waals surface area contributed by atoms with Crippen LogP contribution in [-0.2, 0) is 6.54 Å². The third-order valence-electron chi connectivity index (χ3n) is 3.45. The Morgan fingerprint density at radius 1 is 1.30 bits per heavy atom. The van der Waals surface area contributed by atoms with E-state index in [4.69, 9.17) is 4.52 Å². The van der Waals surface area contributed by atoms with E-state index >= 15 is 0 Å². The summed E-state index contributed by atoms with van der Waals surface area (Å²) in [5.74, 6) is 1.67. The van der Waals surface area contributed by atoms with Crippen LogP contribution in [0.5, 0.6) is 0 Å². The number of nitrogens with zero attached hydrogens (tertiary/aromatic N) is 4. The lowest BCUT2D eigenvalue weighted by atomic mass is 10.2. The average Bonchev–Trinajstić information content (AvgIpc) is 3.03. The molecule has 2 rings (SSSR count). The first kappa shape index (κ1) is 14.7. The van der Waals surface area contributed by atoms with Gasteiger partial charge in [-0.3, -0.25) is 4.68 Å². The van der Waals surface area contributed by atoms with Gasteiger partial charge in [-0.1, -0.05) is 19.0 Å². The van der Waals surface area contributed by atoms with Crippen molar-refractivity contribution in [3.63, 3.8) is 0 Å². The van der Waals surface area contributed by atoms with Crippen LogP contribution >= 0.6 is 0 Å².